The van der Waals surface area contributed by atoms with Crippen LogP contribution in [0.3, 0.4) is 0 Å². The Morgan fingerprint density at radius 2 is 2.48 bits per heavy atom. The topological polar surface area (TPSA) is 59.0 Å². The van der Waals surface area contributed by atoms with Crippen LogP contribution in [0.15, 0.2) is 22.1 Å². The van der Waals surface area contributed by atoms with Crippen LogP contribution in [0.25, 0.3) is 0 Å². The van der Waals surface area contributed by atoms with Gasteiger partial charge < -0.3 is 10.6 Å². The predicted molar refractivity (Wildman–Crippen MR) is 86.3 cm³/mol. The molecule has 2 heterocycles. The van der Waals surface area contributed by atoms with E-state index in [1.807, 2.05) is 29.4 Å². The highest BCUT2D eigenvalue weighted by atomic mass is 79.9. The number of fused-ring (bicyclic) bond motifs is 1. The molecule has 2 N–H and O–H groups in total. The molecule has 0 saturated heterocycles. The van der Waals surface area contributed by atoms with Crippen LogP contribution in [-0.4, -0.2) is 15.8 Å². The summed E-state index contributed by atoms with van der Waals surface area (Å²) in [7, 11) is 1.95. The van der Waals surface area contributed by atoms with Crippen molar-refractivity contribution in [1.29, 1.82) is 0 Å². The number of carbonyl (C=O) groups excluding carboxylic acids is 1. The van der Waals surface area contributed by atoms with Gasteiger partial charge in [-0.15, -0.1) is 11.3 Å². The Labute approximate surface area is 135 Å². The van der Waals surface area contributed by atoms with E-state index in [2.05, 4.69) is 31.7 Å². The number of halogens is 1. The smallest absolute Gasteiger partial charge is 0.315 e. The van der Waals surface area contributed by atoms with E-state index in [-0.39, 0.29) is 12.1 Å². The molecule has 2 aromatic rings. The number of urea groups is 1. The van der Waals surface area contributed by atoms with Gasteiger partial charge in [-0.3, -0.25) is 4.68 Å². The predicted octanol–water partition coefficient (Wildman–Crippen LogP) is 3.12. The molecule has 112 valence electrons. The first-order chi connectivity index (χ1) is 10.1. The molecule has 0 fully saturated rings. The van der Waals surface area contributed by atoms with Crippen LogP contribution >= 0.6 is 27.3 Å². The van der Waals surface area contributed by atoms with Gasteiger partial charge in [0.2, 0.25) is 0 Å². The van der Waals surface area contributed by atoms with E-state index in [0.717, 1.165) is 34.2 Å². The van der Waals surface area contributed by atoms with Crippen LogP contribution in [0, 0.1) is 0 Å². The molecule has 0 aromatic carbocycles. The average Bonchev–Trinajstić information content (AvgIpc) is 3.04. The normalized spacial score (nSPS) is 17.3. The zero-order valence-corrected chi connectivity index (χ0v) is 14.1. The first-order valence-corrected chi connectivity index (χ1v) is 8.59. The Balaban J connectivity index is 1.58. The number of amides is 2. The van der Waals surface area contributed by atoms with Gasteiger partial charge in [0.1, 0.15) is 0 Å². The Morgan fingerprint density at radius 3 is 3.24 bits per heavy atom. The quantitative estimate of drug-likeness (QED) is 0.874. The number of nitrogens with zero attached hydrogens (tertiary/aromatic N) is 2. The minimum absolute atomic E-state index is 0.0671. The summed E-state index contributed by atoms with van der Waals surface area (Å²) in [6, 6.07) is 1.96. The fourth-order valence-corrected chi connectivity index (χ4v) is 4.07. The summed E-state index contributed by atoms with van der Waals surface area (Å²) in [5.41, 5.74) is 2.38. The second-order valence-corrected chi connectivity index (χ2v) is 7.08. The molecule has 0 aliphatic heterocycles. The molecule has 0 radical (unpaired) electrons. The maximum Gasteiger partial charge on any atom is 0.315 e. The highest BCUT2D eigenvalue weighted by Gasteiger charge is 2.24. The molecule has 0 spiro atoms. The molecule has 2 aromatic heterocycles. The molecular formula is C14H17BrN4OS. The Hall–Kier alpha value is -1.34. The fourth-order valence-electron chi connectivity index (χ4n) is 2.68. The number of nitrogens with one attached hydrogen (secondary N) is 2. The van der Waals surface area contributed by atoms with Gasteiger partial charge in [0, 0.05) is 33.0 Å². The lowest BCUT2D eigenvalue weighted by Gasteiger charge is -2.23. The summed E-state index contributed by atoms with van der Waals surface area (Å²) in [5, 5.41) is 12.3. The molecule has 1 atom stereocenters. The molecular weight excluding hydrogens is 352 g/mol. The second-order valence-electron chi connectivity index (χ2n) is 5.17. The number of aromatic nitrogens is 2. The van der Waals surface area contributed by atoms with E-state index >= 15 is 0 Å². The first kappa shape index (κ1) is 14.6. The summed E-state index contributed by atoms with van der Waals surface area (Å²) in [6.45, 7) is 0.550. The number of carbonyl (C=O) groups is 1. The zero-order chi connectivity index (χ0) is 14.8. The van der Waals surface area contributed by atoms with Gasteiger partial charge in [-0.2, -0.15) is 5.10 Å². The van der Waals surface area contributed by atoms with Crippen molar-refractivity contribution in [2.45, 2.75) is 31.8 Å². The van der Waals surface area contributed by atoms with Crippen LogP contribution in [0.4, 0.5) is 4.79 Å². The van der Waals surface area contributed by atoms with Gasteiger partial charge in [0.15, 0.2) is 0 Å². The van der Waals surface area contributed by atoms with Crippen LogP contribution in [-0.2, 0) is 20.0 Å². The van der Waals surface area contributed by atoms with Crippen LogP contribution in [0.1, 0.15) is 35.0 Å². The third-order valence-corrected chi connectivity index (χ3v) is 5.42. The number of thiophene rings is 1. The zero-order valence-electron chi connectivity index (χ0n) is 11.7. The fraction of sp³-hybridized carbons (Fsp3) is 0.429. The first-order valence-electron chi connectivity index (χ1n) is 6.91. The van der Waals surface area contributed by atoms with E-state index in [9.17, 15) is 4.79 Å². The van der Waals surface area contributed by atoms with Gasteiger partial charge in [-0.1, -0.05) is 0 Å². The van der Waals surface area contributed by atoms with Gasteiger partial charge in [-0.05, 0) is 41.3 Å². The summed E-state index contributed by atoms with van der Waals surface area (Å²) in [4.78, 5) is 13.2. The molecule has 5 nitrogen and oxygen atoms in total. The third kappa shape index (κ3) is 3.29. The molecule has 2 amide bonds. The van der Waals surface area contributed by atoms with E-state index in [1.54, 1.807) is 11.3 Å². The van der Waals surface area contributed by atoms with Crippen molar-refractivity contribution in [3.8, 4) is 0 Å². The molecule has 1 aliphatic carbocycles. The van der Waals surface area contributed by atoms with Gasteiger partial charge >= 0.3 is 6.03 Å². The minimum Gasteiger partial charge on any atom is -0.333 e. The monoisotopic (exact) mass is 368 g/mol. The summed E-state index contributed by atoms with van der Waals surface area (Å²) < 4.78 is 2.96. The van der Waals surface area contributed by atoms with E-state index in [4.69, 9.17) is 0 Å². The van der Waals surface area contributed by atoms with Gasteiger partial charge in [0.25, 0.3) is 0 Å². The largest absolute Gasteiger partial charge is 0.333 e. The van der Waals surface area contributed by atoms with Crippen molar-refractivity contribution in [3.63, 3.8) is 0 Å². The molecule has 0 bridgehead atoms. The second kappa shape index (κ2) is 6.19. The number of rotatable bonds is 3. The number of aryl methyl sites for hydroxylation is 1. The molecule has 3 rings (SSSR count). The lowest BCUT2D eigenvalue weighted by molar-refractivity contribution is 0.235. The van der Waals surface area contributed by atoms with Crippen LogP contribution < -0.4 is 10.6 Å². The highest BCUT2D eigenvalue weighted by Crippen LogP contribution is 2.29. The Kier molecular flexibility index (Phi) is 4.30. The van der Waals surface area contributed by atoms with Gasteiger partial charge in [-0.25, -0.2) is 4.79 Å². The maximum atomic E-state index is 12.1. The number of hydrogen-bond donors (Lipinski definition) is 2. The van der Waals surface area contributed by atoms with Crippen molar-refractivity contribution in [2.75, 3.05) is 0 Å². The summed E-state index contributed by atoms with van der Waals surface area (Å²) in [5.74, 6) is 0. The average molecular weight is 369 g/mol. The highest BCUT2D eigenvalue weighted by molar-refractivity contribution is 9.10. The van der Waals surface area contributed by atoms with Crippen molar-refractivity contribution in [2.24, 2.45) is 7.05 Å². The van der Waals surface area contributed by atoms with E-state index in [1.165, 1.54) is 5.69 Å². The summed E-state index contributed by atoms with van der Waals surface area (Å²) >= 11 is 5.04. The standard InChI is InChI=1S/C14H17BrN4OS/c1-19-13-4-2-3-12(11(13)7-17-19)18-14(20)16-6-10-5-9(15)8-21-10/h5,7-8,12H,2-4,6H2,1H3,(H2,16,18,20). The molecule has 0 saturated carbocycles. The lowest BCUT2D eigenvalue weighted by Crippen LogP contribution is -2.38. The molecule has 1 unspecified atom stereocenters. The molecule has 21 heavy (non-hydrogen) atoms. The third-order valence-electron chi connectivity index (χ3n) is 3.73. The Morgan fingerprint density at radius 1 is 1.62 bits per heavy atom. The summed E-state index contributed by atoms with van der Waals surface area (Å²) in [6.07, 6.45) is 4.96. The molecule has 7 heteroatoms. The lowest BCUT2D eigenvalue weighted by atomic mass is 9.93. The number of hydrogen-bond acceptors (Lipinski definition) is 3. The minimum atomic E-state index is -0.124. The Bertz CT molecular complexity index is 651. The van der Waals surface area contributed by atoms with Crippen molar-refractivity contribution < 1.29 is 4.79 Å². The SMILES string of the molecule is Cn1ncc2c1CCCC2NC(=O)NCc1cc(Br)cs1. The van der Waals surface area contributed by atoms with Crippen molar-refractivity contribution >= 4 is 33.3 Å². The van der Waals surface area contributed by atoms with Crippen LogP contribution in [0.5, 0.6) is 0 Å². The van der Waals surface area contributed by atoms with Crippen molar-refractivity contribution in [3.05, 3.63) is 38.3 Å². The van der Waals surface area contributed by atoms with E-state index < -0.39 is 0 Å². The maximum absolute atomic E-state index is 12.1. The van der Waals surface area contributed by atoms with Crippen molar-refractivity contribution in [1.82, 2.24) is 20.4 Å². The van der Waals surface area contributed by atoms with Crippen LogP contribution in [0.2, 0.25) is 0 Å². The van der Waals surface area contributed by atoms with Gasteiger partial charge in [0.05, 0.1) is 18.8 Å². The molecule has 1 aliphatic rings. The van der Waals surface area contributed by atoms with E-state index in [0.29, 0.717) is 6.54 Å².